The second-order valence-electron chi connectivity index (χ2n) is 4.70. The molecule has 0 spiro atoms. The number of nitrogens with one attached hydrogen (secondary N) is 1. The normalized spacial score (nSPS) is 22.3. The van der Waals surface area contributed by atoms with Crippen LogP contribution in [0.4, 0.5) is 0 Å². The summed E-state index contributed by atoms with van der Waals surface area (Å²) in [5.41, 5.74) is 2.19. The molecular formula is C14H17BrN2O. The van der Waals surface area contributed by atoms with Gasteiger partial charge in [0.1, 0.15) is 5.54 Å². The van der Waals surface area contributed by atoms with E-state index < -0.39 is 5.54 Å². The van der Waals surface area contributed by atoms with Gasteiger partial charge in [0.25, 0.3) is 0 Å². The van der Waals surface area contributed by atoms with Crippen molar-refractivity contribution in [1.29, 1.82) is 5.26 Å². The molecule has 1 aliphatic rings. The van der Waals surface area contributed by atoms with Crippen molar-refractivity contribution in [3.63, 3.8) is 0 Å². The Morgan fingerprint density at radius 2 is 2.33 bits per heavy atom. The lowest BCUT2D eigenvalue weighted by molar-refractivity contribution is 0.188. The summed E-state index contributed by atoms with van der Waals surface area (Å²) in [5.74, 6) is 0. The van der Waals surface area contributed by atoms with Crippen LogP contribution in [0, 0.1) is 11.3 Å². The Morgan fingerprint density at radius 1 is 1.50 bits per heavy atom. The van der Waals surface area contributed by atoms with Crippen LogP contribution in [0.2, 0.25) is 0 Å². The number of nitriles is 1. The summed E-state index contributed by atoms with van der Waals surface area (Å²) in [7, 11) is 1.68. The first-order chi connectivity index (χ1) is 8.69. The summed E-state index contributed by atoms with van der Waals surface area (Å²) in [6.07, 6.45) is 2.58. The van der Waals surface area contributed by atoms with Crippen molar-refractivity contribution in [2.24, 2.45) is 0 Å². The predicted molar refractivity (Wildman–Crippen MR) is 74.4 cm³/mol. The number of rotatable bonds is 4. The number of hydrogen-bond acceptors (Lipinski definition) is 3. The quantitative estimate of drug-likeness (QED) is 0.869. The topological polar surface area (TPSA) is 45.0 Å². The van der Waals surface area contributed by atoms with Crippen molar-refractivity contribution in [2.75, 3.05) is 20.3 Å². The molecule has 0 heterocycles. The molecule has 0 aromatic heterocycles. The van der Waals surface area contributed by atoms with Gasteiger partial charge in [-0.3, -0.25) is 5.32 Å². The predicted octanol–water partition coefficient (Wildman–Crippen LogP) is 2.44. The zero-order valence-corrected chi connectivity index (χ0v) is 12.1. The Hall–Kier alpha value is -0.890. The third-order valence-corrected chi connectivity index (χ3v) is 3.96. The molecule has 1 aromatic rings. The zero-order valence-electron chi connectivity index (χ0n) is 10.5. The van der Waals surface area contributed by atoms with Crippen molar-refractivity contribution in [1.82, 2.24) is 5.32 Å². The van der Waals surface area contributed by atoms with Gasteiger partial charge in [0.05, 0.1) is 12.7 Å². The van der Waals surface area contributed by atoms with E-state index in [1.54, 1.807) is 7.11 Å². The van der Waals surface area contributed by atoms with E-state index in [-0.39, 0.29) is 0 Å². The first kappa shape index (κ1) is 13.5. The molecule has 2 rings (SSSR count). The third kappa shape index (κ3) is 2.92. The van der Waals surface area contributed by atoms with Crippen molar-refractivity contribution >= 4 is 15.9 Å². The molecule has 18 heavy (non-hydrogen) atoms. The average Bonchev–Trinajstić information content (AvgIpc) is 2.39. The van der Waals surface area contributed by atoms with E-state index in [0.29, 0.717) is 6.61 Å². The number of nitrogens with zero attached hydrogens (tertiary/aromatic N) is 1. The van der Waals surface area contributed by atoms with Gasteiger partial charge in [-0.05, 0) is 36.1 Å². The molecule has 0 radical (unpaired) electrons. The fourth-order valence-electron chi connectivity index (χ4n) is 2.44. The van der Waals surface area contributed by atoms with Crippen LogP contribution in [0.5, 0.6) is 0 Å². The molecule has 96 valence electrons. The maximum atomic E-state index is 9.46. The minimum absolute atomic E-state index is 0.431. The minimum Gasteiger partial charge on any atom is -0.383 e. The maximum Gasteiger partial charge on any atom is 0.111 e. The van der Waals surface area contributed by atoms with Crippen LogP contribution in [0.15, 0.2) is 22.7 Å². The van der Waals surface area contributed by atoms with Crippen LogP contribution in [-0.2, 0) is 17.6 Å². The number of fused-ring (bicyclic) bond motifs is 1. The Kier molecular flexibility index (Phi) is 4.39. The summed E-state index contributed by atoms with van der Waals surface area (Å²) < 4.78 is 6.14. The molecule has 0 amide bonds. The third-order valence-electron chi connectivity index (χ3n) is 3.47. The fraction of sp³-hybridized carbons (Fsp3) is 0.500. The standard InChI is InChI=1S/C14H17BrN2O/c1-18-7-6-17-14(10-16)5-4-11-8-13(15)3-2-12(11)9-14/h2-3,8,17H,4-7,9H2,1H3. The second kappa shape index (κ2) is 5.83. The van der Waals surface area contributed by atoms with E-state index in [0.717, 1.165) is 30.3 Å². The highest BCUT2D eigenvalue weighted by Gasteiger charge is 2.33. The molecule has 1 aliphatic carbocycles. The Morgan fingerprint density at radius 3 is 3.06 bits per heavy atom. The van der Waals surface area contributed by atoms with Crippen LogP contribution in [-0.4, -0.2) is 25.8 Å². The zero-order chi connectivity index (χ0) is 13.0. The first-order valence-electron chi connectivity index (χ1n) is 6.12. The fourth-order valence-corrected chi connectivity index (χ4v) is 2.85. The van der Waals surface area contributed by atoms with Crippen LogP contribution < -0.4 is 5.32 Å². The molecule has 3 nitrogen and oxygen atoms in total. The molecule has 0 aliphatic heterocycles. The van der Waals surface area contributed by atoms with Crippen molar-refractivity contribution < 1.29 is 4.74 Å². The number of methoxy groups -OCH3 is 1. The second-order valence-corrected chi connectivity index (χ2v) is 5.62. The lowest BCUT2D eigenvalue weighted by Gasteiger charge is -2.33. The maximum absolute atomic E-state index is 9.46. The van der Waals surface area contributed by atoms with Gasteiger partial charge in [-0.2, -0.15) is 5.26 Å². The Bertz CT molecular complexity index is 469. The van der Waals surface area contributed by atoms with E-state index in [9.17, 15) is 5.26 Å². The van der Waals surface area contributed by atoms with Gasteiger partial charge >= 0.3 is 0 Å². The molecule has 1 atom stereocenters. The minimum atomic E-state index is -0.431. The van der Waals surface area contributed by atoms with E-state index in [1.807, 2.05) is 6.07 Å². The highest BCUT2D eigenvalue weighted by atomic mass is 79.9. The van der Waals surface area contributed by atoms with E-state index >= 15 is 0 Å². The van der Waals surface area contributed by atoms with Gasteiger partial charge < -0.3 is 4.74 Å². The van der Waals surface area contributed by atoms with Gasteiger partial charge in [-0.15, -0.1) is 0 Å². The largest absolute Gasteiger partial charge is 0.383 e. The van der Waals surface area contributed by atoms with Gasteiger partial charge in [0.15, 0.2) is 0 Å². The summed E-state index contributed by atoms with van der Waals surface area (Å²) in [5, 5.41) is 12.8. The van der Waals surface area contributed by atoms with Gasteiger partial charge in [0.2, 0.25) is 0 Å². The van der Waals surface area contributed by atoms with Crippen LogP contribution in [0.1, 0.15) is 17.5 Å². The van der Waals surface area contributed by atoms with E-state index in [4.69, 9.17) is 4.74 Å². The molecule has 0 saturated carbocycles. The van der Waals surface area contributed by atoms with Gasteiger partial charge in [-0.25, -0.2) is 0 Å². The van der Waals surface area contributed by atoms with E-state index in [2.05, 4.69) is 39.4 Å². The van der Waals surface area contributed by atoms with Gasteiger partial charge in [0, 0.05) is 24.5 Å². The monoisotopic (exact) mass is 308 g/mol. The number of hydrogen-bond donors (Lipinski definition) is 1. The van der Waals surface area contributed by atoms with Crippen molar-refractivity contribution in [2.45, 2.75) is 24.8 Å². The molecule has 0 fully saturated rings. The molecule has 1 unspecified atom stereocenters. The number of aryl methyl sites for hydroxylation is 1. The molecule has 0 bridgehead atoms. The summed E-state index contributed by atoms with van der Waals surface area (Å²) in [6.45, 7) is 1.35. The van der Waals surface area contributed by atoms with Crippen molar-refractivity contribution in [3.8, 4) is 6.07 Å². The van der Waals surface area contributed by atoms with Crippen molar-refractivity contribution in [3.05, 3.63) is 33.8 Å². The molecular weight excluding hydrogens is 292 g/mol. The summed E-state index contributed by atoms with van der Waals surface area (Å²) >= 11 is 3.49. The van der Waals surface area contributed by atoms with Crippen LogP contribution in [0.25, 0.3) is 0 Å². The number of ether oxygens (including phenoxy) is 1. The summed E-state index contributed by atoms with van der Waals surface area (Å²) in [6, 6.07) is 8.77. The lowest BCUT2D eigenvalue weighted by Crippen LogP contribution is -2.49. The van der Waals surface area contributed by atoms with Crippen LogP contribution in [0.3, 0.4) is 0 Å². The first-order valence-corrected chi connectivity index (χ1v) is 6.91. The molecule has 1 N–H and O–H groups in total. The number of halogens is 1. The Labute approximate surface area is 116 Å². The molecule has 4 heteroatoms. The highest BCUT2D eigenvalue weighted by molar-refractivity contribution is 9.10. The smallest absolute Gasteiger partial charge is 0.111 e. The SMILES string of the molecule is COCCNC1(C#N)CCc2cc(Br)ccc2C1. The highest BCUT2D eigenvalue weighted by Crippen LogP contribution is 2.30. The average molecular weight is 309 g/mol. The molecule has 1 aromatic carbocycles. The van der Waals surface area contributed by atoms with E-state index in [1.165, 1.54) is 11.1 Å². The lowest BCUT2D eigenvalue weighted by atomic mass is 9.79. The Balaban J connectivity index is 2.13. The van der Waals surface area contributed by atoms with Crippen LogP contribution >= 0.6 is 15.9 Å². The van der Waals surface area contributed by atoms with Gasteiger partial charge in [-0.1, -0.05) is 22.0 Å². The number of benzene rings is 1. The summed E-state index contributed by atoms with van der Waals surface area (Å²) in [4.78, 5) is 0. The molecule has 0 saturated heterocycles.